The van der Waals surface area contributed by atoms with Gasteiger partial charge in [0.1, 0.15) is 0 Å². The molecular weight excluding hydrogens is 380 g/mol. The van der Waals surface area contributed by atoms with Crippen LogP contribution in [0.2, 0.25) is 0 Å². The Hall–Kier alpha value is -2.36. The molecule has 10 heteroatoms. The van der Waals surface area contributed by atoms with Crippen LogP contribution in [-0.4, -0.2) is 48.2 Å². The van der Waals surface area contributed by atoms with E-state index in [9.17, 15) is 22.0 Å². The lowest BCUT2D eigenvalue weighted by molar-refractivity contribution is -0.131. The Morgan fingerprint density at radius 2 is 1.89 bits per heavy atom. The van der Waals surface area contributed by atoms with Gasteiger partial charge in [0.15, 0.2) is 5.82 Å². The first-order valence-corrected chi connectivity index (χ1v) is 10.0. The largest absolute Gasteiger partial charge is 0.342 e. The Morgan fingerprint density at radius 1 is 1.26 bits per heavy atom. The Bertz CT molecular complexity index is 905. The number of amides is 1. The van der Waals surface area contributed by atoms with Crippen molar-refractivity contribution >= 4 is 15.7 Å². The number of carbonyl (C=O) groups is 1. The maximum absolute atomic E-state index is 12.5. The SMILES string of the molecule is Cc1noc(C2CCN(C(=O)Cc3ccc(S(=O)(=O)C(F)F)cc3)CC2)n1. The second-order valence-electron chi connectivity index (χ2n) is 6.46. The number of hydrogen-bond acceptors (Lipinski definition) is 6. The highest BCUT2D eigenvalue weighted by Crippen LogP contribution is 2.27. The number of sulfone groups is 1. The first-order chi connectivity index (χ1) is 12.8. The molecule has 2 heterocycles. The molecule has 1 aliphatic rings. The van der Waals surface area contributed by atoms with E-state index in [0.717, 1.165) is 25.0 Å². The summed E-state index contributed by atoms with van der Waals surface area (Å²) < 4.78 is 53.1. The van der Waals surface area contributed by atoms with E-state index in [1.54, 1.807) is 11.8 Å². The smallest absolute Gasteiger partial charge is 0.341 e. The van der Waals surface area contributed by atoms with Crippen LogP contribution in [0.15, 0.2) is 33.7 Å². The van der Waals surface area contributed by atoms with Crippen molar-refractivity contribution in [3.8, 4) is 0 Å². The number of aryl methyl sites for hydroxylation is 1. The number of alkyl halides is 2. The van der Waals surface area contributed by atoms with Gasteiger partial charge in [0, 0.05) is 19.0 Å². The van der Waals surface area contributed by atoms with Crippen LogP contribution in [0.1, 0.15) is 36.0 Å². The van der Waals surface area contributed by atoms with Crippen molar-refractivity contribution in [1.82, 2.24) is 15.0 Å². The van der Waals surface area contributed by atoms with Gasteiger partial charge in [-0.25, -0.2) is 8.42 Å². The first-order valence-electron chi connectivity index (χ1n) is 8.46. The maximum Gasteiger partial charge on any atom is 0.341 e. The molecule has 0 radical (unpaired) electrons. The molecule has 1 fully saturated rings. The van der Waals surface area contributed by atoms with E-state index in [1.807, 2.05) is 0 Å². The molecule has 0 saturated carbocycles. The summed E-state index contributed by atoms with van der Waals surface area (Å²) in [4.78, 5) is 17.9. The molecule has 146 valence electrons. The molecule has 0 spiro atoms. The van der Waals surface area contributed by atoms with Gasteiger partial charge >= 0.3 is 5.76 Å². The number of nitrogens with zero attached hydrogens (tertiary/aromatic N) is 3. The summed E-state index contributed by atoms with van der Waals surface area (Å²) in [6, 6.07) is 4.99. The number of carbonyl (C=O) groups excluding carboxylic acids is 1. The van der Waals surface area contributed by atoms with Crippen LogP contribution in [-0.2, 0) is 21.1 Å². The zero-order chi connectivity index (χ0) is 19.6. The summed E-state index contributed by atoms with van der Waals surface area (Å²) in [5.41, 5.74) is 0.572. The minimum absolute atomic E-state index is 0.0827. The minimum Gasteiger partial charge on any atom is -0.342 e. The molecule has 3 rings (SSSR count). The van der Waals surface area contributed by atoms with Gasteiger partial charge in [0.05, 0.1) is 11.3 Å². The number of aromatic nitrogens is 2. The van der Waals surface area contributed by atoms with Crippen molar-refractivity contribution in [2.75, 3.05) is 13.1 Å². The summed E-state index contributed by atoms with van der Waals surface area (Å²) in [6.07, 6.45) is 1.53. The summed E-state index contributed by atoms with van der Waals surface area (Å²) >= 11 is 0. The fourth-order valence-corrected chi connectivity index (χ4v) is 3.76. The van der Waals surface area contributed by atoms with Gasteiger partial charge in [-0.15, -0.1) is 0 Å². The van der Waals surface area contributed by atoms with Gasteiger partial charge in [-0.1, -0.05) is 17.3 Å². The molecule has 1 aromatic carbocycles. The minimum atomic E-state index is -4.62. The van der Waals surface area contributed by atoms with E-state index in [0.29, 0.717) is 30.4 Å². The van der Waals surface area contributed by atoms with E-state index < -0.39 is 20.5 Å². The van der Waals surface area contributed by atoms with Gasteiger partial charge in [0.2, 0.25) is 21.6 Å². The van der Waals surface area contributed by atoms with Crippen molar-refractivity contribution < 1.29 is 26.5 Å². The Morgan fingerprint density at radius 3 is 2.41 bits per heavy atom. The lowest BCUT2D eigenvalue weighted by atomic mass is 9.96. The average molecular weight is 399 g/mol. The quantitative estimate of drug-likeness (QED) is 0.766. The predicted octanol–water partition coefficient (Wildman–Crippen LogP) is 2.32. The van der Waals surface area contributed by atoms with E-state index in [4.69, 9.17) is 4.52 Å². The highest BCUT2D eigenvalue weighted by molar-refractivity contribution is 7.91. The van der Waals surface area contributed by atoms with Crippen molar-refractivity contribution in [3.63, 3.8) is 0 Å². The normalized spacial score (nSPS) is 16.1. The molecule has 0 atom stereocenters. The zero-order valence-corrected chi connectivity index (χ0v) is 15.5. The number of likely N-dealkylation sites (tertiary alicyclic amines) is 1. The Kier molecular flexibility index (Phi) is 5.54. The molecule has 1 saturated heterocycles. The van der Waals surface area contributed by atoms with Crippen LogP contribution in [0.3, 0.4) is 0 Å². The Labute approximate surface area is 155 Å². The highest BCUT2D eigenvalue weighted by Gasteiger charge is 2.28. The molecule has 2 aromatic rings. The van der Waals surface area contributed by atoms with Crippen LogP contribution in [0.5, 0.6) is 0 Å². The van der Waals surface area contributed by atoms with E-state index in [2.05, 4.69) is 10.1 Å². The van der Waals surface area contributed by atoms with Gasteiger partial charge in [-0.05, 0) is 37.5 Å². The second-order valence-corrected chi connectivity index (χ2v) is 8.38. The van der Waals surface area contributed by atoms with Crippen LogP contribution in [0.4, 0.5) is 8.78 Å². The molecule has 27 heavy (non-hydrogen) atoms. The van der Waals surface area contributed by atoms with Gasteiger partial charge < -0.3 is 9.42 Å². The third-order valence-electron chi connectivity index (χ3n) is 4.58. The average Bonchev–Trinajstić information content (AvgIpc) is 3.08. The number of rotatable bonds is 5. The van der Waals surface area contributed by atoms with Crippen LogP contribution in [0.25, 0.3) is 0 Å². The topological polar surface area (TPSA) is 93.4 Å². The number of benzene rings is 1. The second kappa shape index (κ2) is 7.71. The zero-order valence-electron chi connectivity index (χ0n) is 14.6. The monoisotopic (exact) mass is 399 g/mol. The molecular formula is C17H19F2N3O4S. The summed E-state index contributed by atoms with van der Waals surface area (Å²) in [5.74, 6) is -2.25. The summed E-state index contributed by atoms with van der Waals surface area (Å²) in [7, 11) is -4.62. The standard InChI is InChI=1S/C17H19F2N3O4S/c1-11-20-16(26-21-11)13-6-8-22(9-7-13)15(23)10-12-2-4-14(5-3-12)27(24,25)17(18)19/h2-5,13,17H,6-10H2,1H3. The molecule has 0 N–H and O–H groups in total. The maximum atomic E-state index is 12.5. The van der Waals surface area contributed by atoms with E-state index in [1.165, 1.54) is 12.1 Å². The van der Waals surface area contributed by atoms with Gasteiger partial charge in [0.25, 0.3) is 0 Å². The van der Waals surface area contributed by atoms with Crippen molar-refractivity contribution in [1.29, 1.82) is 0 Å². The fourth-order valence-electron chi connectivity index (χ4n) is 3.04. The van der Waals surface area contributed by atoms with Crippen molar-refractivity contribution in [3.05, 3.63) is 41.5 Å². The number of piperidine rings is 1. The molecule has 7 nitrogen and oxygen atoms in total. The number of hydrogen-bond donors (Lipinski definition) is 0. The lowest BCUT2D eigenvalue weighted by Gasteiger charge is -2.30. The molecule has 1 aromatic heterocycles. The van der Waals surface area contributed by atoms with E-state index >= 15 is 0 Å². The van der Waals surface area contributed by atoms with Gasteiger partial charge in [-0.2, -0.15) is 13.8 Å². The lowest BCUT2D eigenvalue weighted by Crippen LogP contribution is -2.38. The number of halogens is 2. The molecule has 1 amide bonds. The summed E-state index contributed by atoms with van der Waals surface area (Å²) in [6.45, 7) is 2.87. The Balaban J connectivity index is 1.57. The predicted molar refractivity (Wildman–Crippen MR) is 90.9 cm³/mol. The third-order valence-corrected chi connectivity index (χ3v) is 5.98. The molecule has 0 unspecified atom stereocenters. The first kappa shape index (κ1) is 19.4. The summed E-state index contributed by atoms with van der Waals surface area (Å²) in [5, 5.41) is 3.78. The fraction of sp³-hybridized carbons (Fsp3) is 0.471. The highest BCUT2D eigenvalue weighted by atomic mass is 32.2. The van der Waals surface area contributed by atoms with Crippen molar-refractivity contribution in [2.45, 2.75) is 42.8 Å². The van der Waals surface area contributed by atoms with Gasteiger partial charge in [-0.3, -0.25) is 4.79 Å². The molecule has 0 aliphatic carbocycles. The van der Waals surface area contributed by atoms with E-state index in [-0.39, 0.29) is 18.2 Å². The third kappa shape index (κ3) is 4.32. The van der Waals surface area contributed by atoms with Crippen LogP contribution < -0.4 is 0 Å². The van der Waals surface area contributed by atoms with Crippen LogP contribution >= 0.6 is 0 Å². The molecule has 1 aliphatic heterocycles. The van der Waals surface area contributed by atoms with Crippen LogP contribution in [0, 0.1) is 6.92 Å². The molecule has 0 bridgehead atoms. The van der Waals surface area contributed by atoms with Crippen molar-refractivity contribution in [2.24, 2.45) is 0 Å².